The highest BCUT2D eigenvalue weighted by molar-refractivity contribution is 8.00. The molecule has 9 heteroatoms. The number of halogens is 1. The number of ether oxygens (including phenoxy) is 1. The van der Waals surface area contributed by atoms with Crippen LogP contribution in [0.5, 0.6) is 5.75 Å². The smallest absolute Gasteiger partial charge is 0.237 e. The second-order valence-corrected chi connectivity index (χ2v) is 7.37. The van der Waals surface area contributed by atoms with E-state index in [1.54, 1.807) is 37.5 Å². The zero-order valence-corrected chi connectivity index (χ0v) is 16.7. The monoisotopic (exact) mass is 406 g/mol. The average Bonchev–Trinajstić information content (AvgIpc) is 3.31. The summed E-state index contributed by atoms with van der Waals surface area (Å²) in [4.78, 5) is 12.6. The maximum atomic E-state index is 12.6. The van der Waals surface area contributed by atoms with Gasteiger partial charge < -0.3 is 14.5 Å². The molecule has 27 heavy (non-hydrogen) atoms. The van der Waals surface area contributed by atoms with Crippen molar-refractivity contribution in [1.82, 2.24) is 14.8 Å². The maximum absolute atomic E-state index is 12.6. The normalized spacial score (nSPS) is 12.0. The van der Waals surface area contributed by atoms with E-state index in [2.05, 4.69) is 15.5 Å². The third-order valence-corrected chi connectivity index (χ3v) is 5.16. The largest absolute Gasteiger partial charge is 0.495 e. The third kappa shape index (κ3) is 4.28. The lowest BCUT2D eigenvalue weighted by molar-refractivity contribution is -0.115. The summed E-state index contributed by atoms with van der Waals surface area (Å²) in [5.74, 6) is 1.62. The summed E-state index contributed by atoms with van der Waals surface area (Å²) < 4.78 is 12.6. The number of benzene rings is 1. The Bertz CT molecular complexity index is 927. The molecule has 0 aliphatic carbocycles. The van der Waals surface area contributed by atoms with Crippen molar-refractivity contribution in [2.75, 3.05) is 12.4 Å². The molecule has 1 amide bonds. The van der Waals surface area contributed by atoms with Crippen LogP contribution in [0.2, 0.25) is 5.02 Å². The fourth-order valence-electron chi connectivity index (χ4n) is 2.47. The number of methoxy groups -OCH3 is 1. The molecule has 1 aromatic carbocycles. The number of aromatic nitrogens is 3. The van der Waals surface area contributed by atoms with Crippen molar-refractivity contribution in [2.24, 2.45) is 0 Å². The molecule has 0 fully saturated rings. The number of hydrogen-bond donors (Lipinski definition) is 1. The van der Waals surface area contributed by atoms with Gasteiger partial charge in [-0.1, -0.05) is 23.4 Å². The van der Waals surface area contributed by atoms with Crippen molar-refractivity contribution < 1.29 is 13.9 Å². The summed E-state index contributed by atoms with van der Waals surface area (Å²) in [6.07, 6.45) is 1.59. The Morgan fingerprint density at radius 1 is 1.41 bits per heavy atom. The van der Waals surface area contributed by atoms with Gasteiger partial charge in [-0.15, -0.1) is 10.2 Å². The summed E-state index contributed by atoms with van der Waals surface area (Å²) in [6.45, 7) is 4.45. The molecule has 0 aliphatic heterocycles. The van der Waals surface area contributed by atoms with Gasteiger partial charge in [0, 0.05) is 11.6 Å². The van der Waals surface area contributed by atoms with Gasteiger partial charge >= 0.3 is 0 Å². The molecule has 3 aromatic rings. The summed E-state index contributed by atoms with van der Waals surface area (Å²) in [5.41, 5.74) is 0.524. The Labute approximate surface area is 166 Å². The van der Waals surface area contributed by atoms with E-state index in [1.165, 1.54) is 18.9 Å². The molecular formula is C18H19ClN4O3S. The van der Waals surface area contributed by atoms with Crippen LogP contribution >= 0.6 is 23.4 Å². The van der Waals surface area contributed by atoms with Crippen LogP contribution in [-0.4, -0.2) is 33.0 Å². The van der Waals surface area contributed by atoms with Gasteiger partial charge in [0.25, 0.3) is 0 Å². The van der Waals surface area contributed by atoms with Crippen molar-refractivity contribution in [1.29, 1.82) is 0 Å². The zero-order valence-electron chi connectivity index (χ0n) is 15.1. The van der Waals surface area contributed by atoms with Gasteiger partial charge in [-0.05, 0) is 44.2 Å². The minimum Gasteiger partial charge on any atom is -0.495 e. The lowest BCUT2D eigenvalue weighted by atomic mass is 10.3. The first kappa shape index (κ1) is 19.3. The lowest BCUT2D eigenvalue weighted by Gasteiger charge is -2.14. The molecule has 0 saturated heterocycles. The SMILES string of the molecule is CCn1c(SC(C)C(=O)Nc2cc(Cl)ccc2OC)nnc1-c1ccco1. The molecule has 142 valence electrons. The minimum absolute atomic E-state index is 0.189. The first-order valence-electron chi connectivity index (χ1n) is 8.31. The highest BCUT2D eigenvalue weighted by atomic mass is 35.5. The molecule has 2 aromatic heterocycles. The van der Waals surface area contributed by atoms with Crippen molar-refractivity contribution in [3.05, 3.63) is 41.6 Å². The van der Waals surface area contributed by atoms with Crippen LogP contribution in [0.15, 0.2) is 46.2 Å². The number of carbonyl (C=O) groups excluding carboxylic acids is 1. The zero-order chi connectivity index (χ0) is 19.4. The van der Waals surface area contributed by atoms with Gasteiger partial charge in [0.05, 0.1) is 24.3 Å². The first-order valence-corrected chi connectivity index (χ1v) is 9.57. The number of nitrogens with zero attached hydrogens (tertiary/aromatic N) is 3. The fourth-order valence-corrected chi connectivity index (χ4v) is 3.56. The van der Waals surface area contributed by atoms with Gasteiger partial charge in [0.15, 0.2) is 16.7 Å². The van der Waals surface area contributed by atoms with E-state index in [-0.39, 0.29) is 5.91 Å². The fraction of sp³-hybridized carbons (Fsp3) is 0.278. The number of carbonyl (C=O) groups is 1. The molecule has 0 spiro atoms. The van der Waals surface area contributed by atoms with Gasteiger partial charge in [0.1, 0.15) is 5.75 Å². The van der Waals surface area contributed by atoms with E-state index >= 15 is 0 Å². The predicted molar refractivity (Wildman–Crippen MR) is 105 cm³/mol. The average molecular weight is 407 g/mol. The van der Waals surface area contributed by atoms with E-state index in [0.717, 1.165) is 0 Å². The van der Waals surface area contributed by atoms with Crippen molar-refractivity contribution in [3.63, 3.8) is 0 Å². The van der Waals surface area contributed by atoms with Gasteiger partial charge in [0.2, 0.25) is 5.91 Å². The van der Waals surface area contributed by atoms with E-state index in [0.29, 0.717) is 39.7 Å². The van der Waals surface area contributed by atoms with Crippen LogP contribution < -0.4 is 10.1 Å². The number of anilines is 1. The molecular weight excluding hydrogens is 388 g/mol. The van der Waals surface area contributed by atoms with Crippen molar-refractivity contribution >= 4 is 35.0 Å². The number of nitrogens with one attached hydrogen (secondary N) is 1. The summed E-state index contributed by atoms with van der Waals surface area (Å²) in [6, 6.07) is 8.68. The van der Waals surface area contributed by atoms with Crippen molar-refractivity contribution in [3.8, 4) is 17.3 Å². The van der Waals surface area contributed by atoms with Crippen LogP contribution in [0.4, 0.5) is 5.69 Å². The molecule has 0 bridgehead atoms. The molecule has 0 saturated carbocycles. The topological polar surface area (TPSA) is 82.2 Å². The molecule has 1 unspecified atom stereocenters. The Morgan fingerprint density at radius 3 is 2.89 bits per heavy atom. The number of furan rings is 1. The van der Waals surface area contributed by atoms with Gasteiger partial charge in [-0.2, -0.15) is 0 Å². The molecule has 7 nitrogen and oxygen atoms in total. The van der Waals surface area contributed by atoms with Crippen LogP contribution in [0.25, 0.3) is 11.6 Å². The molecule has 1 atom stereocenters. The molecule has 0 aliphatic rings. The summed E-state index contributed by atoms with van der Waals surface area (Å²) in [5, 5.41) is 12.0. The molecule has 3 rings (SSSR count). The lowest BCUT2D eigenvalue weighted by Crippen LogP contribution is -2.23. The summed E-state index contributed by atoms with van der Waals surface area (Å²) >= 11 is 7.33. The first-order chi connectivity index (χ1) is 13.0. The second kappa shape index (κ2) is 8.49. The third-order valence-electron chi connectivity index (χ3n) is 3.85. The summed E-state index contributed by atoms with van der Waals surface area (Å²) in [7, 11) is 1.54. The standard InChI is InChI=1S/C18H19ClN4O3S/c1-4-23-16(15-6-5-9-26-15)21-22-18(23)27-11(2)17(24)20-13-10-12(19)7-8-14(13)25-3/h5-11H,4H2,1-3H3,(H,20,24). The van der Waals surface area contributed by atoms with Crippen LogP contribution in [0.3, 0.4) is 0 Å². The molecule has 1 N–H and O–H groups in total. The van der Waals surface area contributed by atoms with E-state index in [1.807, 2.05) is 17.6 Å². The second-order valence-electron chi connectivity index (χ2n) is 5.62. The quantitative estimate of drug-likeness (QED) is 0.588. The maximum Gasteiger partial charge on any atom is 0.237 e. The van der Waals surface area contributed by atoms with E-state index in [9.17, 15) is 4.79 Å². The highest BCUT2D eigenvalue weighted by Crippen LogP contribution is 2.30. The van der Waals surface area contributed by atoms with E-state index in [4.69, 9.17) is 20.8 Å². The number of amides is 1. The number of hydrogen-bond acceptors (Lipinski definition) is 6. The van der Waals surface area contributed by atoms with E-state index < -0.39 is 5.25 Å². The van der Waals surface area contributed by atoms with Crippen LogP contribution in [0.1, 0.15) is 13.8 Å². The number of rotatable bonds is 7. The predicted octanol–water partition coefficient (Wildman–Crippen LogP) is 4.34. The Morgan fingerprint density at radius 2 is 2.22 bits per heavy atom. The molecule has 0 radical (unpaired) electrons. The Balaban J connectivity index is 1.75. The van der Waals surface area contributed by atoms with Crippen LogP contribution in [-0.2, 0) is 11.3 Å². The van der Waals surface area contributed by atoms with Crippen LogP contribution in [0, 0.1) is 0 Å². The Hall–Kier alpha value is -2.45. The van der Waals surface area contributed by atoms with Gasteiger partial charge in [-0.25, -0.2) is 0 Å². The minimum atomic E-state index is -0.410. The Kier molecular flexibility index (Phi) is 6.08. The van der Waals surface area contributed by atoms with Gasteiger partial charge in [-0.3, -0.25) is 9.36 Å². The van der Waals surface area contributed by atoms with Crippen molar-refractivity contribution in [2.45, 2.75) is 30.8 Å². The highest BCUT2D eigenvalue weighted by Gasteiger charge is 2.22. The molecule has 2 heterocycles. The number of thioether (sulfide) groups is 1.